The van der Waals surface area contributed by atoms with Crippen LogP contribution in [0.25, 0.3) is 5.57 Å². The van der Waals surface area contributed by atoms with Crippen LogP contribution in [0.4, 0.5) is 18.0 Å². The number of amides is 1. The zero-order valence-corrected chi connectivity index (χ0v) is 13.5. The maximum Gasteiger partial charge on any atom is 0.573 e. The Bertz CT molecular complexity index is 577. The van der Waals surface area contributed by atoms with Gasteiger partial charge in [-0.05, 0) is 44.0 Å². The van der Waals surface area contributed by atoms with Crippen LogP contribution in [0.3, 0.4) is 0 Å². The van der Waals surface area contributed by atoms with E-state index in [1.165, 1.54) is 30.1 Å². The maximum atomic E-state index is 12.2. The monoisotopic (exact) mass is 331 g/mol. The van der Waals surface area contributed by atoms with E-state index in [4.69, 9.17) is 4.74 Å². The summed E-state index contributed by atoms with van der Waals surface area (Å²) < 4.78 is 45.8. The Kier molecular flexibility index (Phi) is 5.69. The molecule has 0 bridgehead atoms. The molecular weight excluding hydrogens is 311 g/mol. The van der Waals surface area contributed by atoms with Crippen LogP contribution in [0.1, 0.15) is 26.3 Å². The second kappa shape index (κ2) is 6.93. The van der Waals surface area contributed by atoms with Crippen molar-refractivity contribution >= 4 is 11.7 Å². The van der Waals surface area contributed by atoms with Crippen molar-refractivity contribution in [1.29, 1.82) is 0 Å². The van der Waals surface area contributed by atoms with Crippen molar-refractivity contribution in [2.45, 2.75) is 32.7 Å². The van der Waals surface area contributed by atoms with Crippen molar-refractivity contribution < 1.29 is 27.4 Å². The summed E-state index contributed by atoms with van der Waals surface area (Å²) in [5, 5.41) is 0. The first-order valence-electron chi connectivity index (χ1n) is 6.85. The van der Waals surface area contributed by atoms with Crippen molar-refractivity contribution in [3.63, 3.8) is 0 Å². The molecule has 128 valence electrons. The van der Waals surface area contributed by atoms with Crippen LogP contribution in [0, 0.1) is 0 Å². The topological polar surface area (TPSA) is 38.8 Å². The highest BCUT2D eigenvalue weighted by Crippen LogP contribution is 2.25. The number of ether oxygens (including phenoxy) is 2. The average Bonchev–Trinajstić information content (AvgIpc) is 2.34. The summed E-state index contributed by atoms with van der Waals surface area (Å²) >= 11 is 0. The van der Waals surface area contributed by atoms with Crippen LogP contribution in [0.5, 0.6) is 5.75 Å². The first kappa shape index (κ1) is 18.9. The minimum atomic E-state index is -4.76. The first-order valence-corrected chi connectivity index (χ1v) is 6.85. The van der Waals surface area contributed by atoms with Gasteiger partial charge in [0.05, 0.1) is 0 Å². The predicted molar refractivity (Wildman–Crippen MR) is 81.0 cm³/mol. The van der Waals surface area contributed by atoms with Gasteiger partial charge in [-0.2, -0.15) is 0 Å². The number of halogens is 3. The zero-order valence-electron chi connectivity index (χ0n) is 13.5. The van der Waals surface area contributed by atoms with Crippen LogP contribution < -0.4 is 4.74 Å². The number of benzene rings is 1. The van der Waals surface area contributed by atoms with Crippen LogP contribution in [-0.2, 0) is 4.74 Å². The summed E-state index contributed by atoms with van der Waals surface area (Å²) in [7, 11) is 1.52. The second-order valence-electron chi connectivity index (χ2n) is 6.02. The molecule has 0 fully saturated rings. The molecule has 0 aliphatic rings. The van der Waals surface area contributed by atoms with E-state index in [0.717, 1.165) is 0 Å². The Balaban J connectivity index is 2.75. The van der Waals surface area contributed by atoms with E-state index in [-0.39, 0.29) is 12.3 Å². The molecule has 1 rings (SSSR count). The Morgan fingerprint density at radius 2 is 1.87 bits per heavy atom. The Hall–Kier alpha value is -2.18. The van der Waals surface area contributed by atoms with Crippen LogP contribution in [-0.4, -0.2) is 36.5 Å². The molecule has 0 unspecified atom stereocenters. The van der Waals surface area contributed by atoms with Crippen molar-refractivity contribution in [1.82, 2.24) is 4.90 Å². The van der Waals surface area contributed by atoms with Crippen molar-refractivity contribution in [2.24, 2.45) is 0 Å². The van der Waals surface area contributed by atoms with E-state index < -0.39 is 18.1 Å². The van der Waals surface area contributed by atoms with Gasteiger partial charge in [0.1, 0.15) is 11.4 Å². The molecule has 1 aromatic rings. The largest absolute Gasteiger partial charge is 0.573 e. The number of likely N-dealkylation sites (N-methyl/N-ethyl adjacent to an activating group) is 1. The summed E-state index contributed by atoms with van der Waals surface area (Å²) in [6.07, 6.45) is -5.30. The Morgan fingerprint density at radius 1 is 1.26 bits per heavy atom. The van der Waals surface area contributed by atoms with Crippen molar-refractivity contribution in [3.8, 4) is 5.75 Å². The standard InChI is InChI=1S/C16H20F3NO3/c1-11(10-20(5)14(21)23-15(2,3)4)12-7-6-8-13(9-12)22-16(17,18)19/h6-9H,1,10H2,2-5H3. The molecule has 0 saturated carbocycles. The molecule has 0 atom stereocenters. The van der Waals surface area contributed by atoms with Crippen molar-refractivity contribution in [2.75, 3.05) is 13.6 Å². The molecule has 0 aliphatic carbocycles. The van der Waals surface area contributed by atoms with E-state index in [2.05, 4.69) is 11.3 Å². The molecular formula is C16H20F3NO3. The maximum absolute atomic E-state index is 12.2. The van der Waals surface area contributed by atoms with E-state index in [1.807, 2.05) is 0 Å². The third kappa shape index (κ3) is 7.08. The van der Waals surface area contributed by atoms with Crippen LogP contribution in [0.15, 0.2) is 30.8 Å². The number of alkyl halides is 3. The molecule has 0 aromatic heterocycles. The fraction of sp³-hybridized carbons (Fsp3) is 0.438. The highest BCUT2D eigenvalue weighted by molar-refractivity contribution is 5.73. The lowest BCUT2D eigenvalue weighted by molar-refractivity contribution is -0.274. The average molecular weight is 331 g/mol. The number of carbonyl (C=O) groups is 1. The molecule has 4 nitrogen and oxygen atoms in total. The number of hydrogen-bond acceptors (Lipinski definition) is 3. The van der Waals surface area contributed by atoms with Gasteiger partial charge < -0.3 is 14.4 Å². The number of carbonyl (C=O) groups excluding carboxylic acids is 1. The van der Waals surface area contributed by atoms with Gasteiger partial charge in [-0.25, -0.2) is 4.79 Å². The Morgan fingerprint density at radius 3 is 2.39 bits per heavy atom. The van der Waals surface area contributed by atoms with Crippen LogP contribution in [0.2, 0.25) is 0 Å². The third-order valence-corrected chi connectivity index (χ3v) is 2.61. The lowest BCUT2D eigenvalue weighted by atomic mass is 10.1. The molecule has 23 heavy (non-hydrogen) atoms. The minimum absolute atomic E-state index is 0.115. The van der Waals surface area contributed by atoms with Gasteiger partial charge in [0.15, 0.2) is 0 Å². The van der Waals surface area contributed by atoms with Gasteiger partial charge in [-0.15, -0.1) is 13.2 Å². The normalized spacial score (nSPS) is 11.8. The smallest absolute Gasteiger partial charge is 0.444 e. The number of rotatable bonds is 4. The van der Waals surface area contributed by atoms with Crippen molar-refractivity contribution in [3.05, 3.63) is 36.4 Å². The fourth-order valence-electron chi connectivity index (χ4n) is 1.70. The summed E-state index contributed by atoms with van der Waals surface area (Å²) in [6.45, 7) is 9.14. The van der Waals surface area contributed by atoms with E-state index in [0.29, 0.717) is 11.1 Å². The third-order valence-electron chi connectivity index (χ3n) is 2.61. The highest BCUT2D eigenvalue weighted by Gasteiger charge is 2.31. The highest BCUT2D eigenvalue weighted by atomic mass is 19.4. The number of nitrogens with zero attached hydrogens (tertiary/aromatic N) is 1. The van der Waals surface area contributed by atoms with E-state index >= 15 is 0 Å². The first-order chi connectivity index (χ1) is 10.4. The molecule has 0 heterocycles. The molecule has 0 radical (unpaired) electrons. The Labute approximate surface area is 133 Å². The minimum Gasteiger partial charge on any atom is -0.444 e. The quantitative estimate of drug-likeness (QED) is 0.817. The van der Waals surface area contributed by atoms with Gasteiger partial charge in [0, 0.05) is 13.6 Å². The van der Waals surface area contributed by atoms with Gasteiger partial charge >= 0.3 is 12.5 Å². The summed E-state index contributed by atoms with van der Waals surface area (Å²) in [6, 6.07) is 5.43. The fourth-order valence-corrected chi connectivity index (χ4v) is 1.70. The molecule has 0 N–H and O–H groups in total. The lowest BCUT2D eigenvalue weighted by Gasteiger charge is -2.25. The van der Waals surface area contributed by atoms with Gasteiger partial charge in [-0.1, -0.05) is 18.7 Å². The second-order valence-corrected chi connectivity index (χ2v) is 6.02. The van der Waals surface area contributed by atoms with Crippen LogP contribution >= 0.6 is 0 Å². The molecule has 7 heteroatoms. The SMILES string of the molecule is C=C(CN(C)C(=O)OC(C)(C)C)c1cccc(OC(F)(F)F)c1. The molecule has 0 saturated heterocycles. The summed E-state index contributed by atoms with van der Waals surface area (Å²) in [5.74, 6) is -0.337. The lowest BCUT2D eigenvalue weighted by Crippen LogP contribution is -2.35. The van der Waals surface area contributed by atoms with Gasteiger partial charge in [0.25, 0.3) is 0 Å². The number of hydrogen-bond donors (Lipinski definition) is 0. The summed E-state index contributed by atoms with van der Waals surface area (Å²) in [4.78, 5) is 13.2. The summed E-state index contributed by atoms with van der Waals surface area (Å²) in [5.41, 5.74) is 0.279. The van der Waals surface area contributed by atoms with E-state index in [1.54, 1.807) is 26.8 Å². The predicted octanol–water partition coefficient (Wildman–Crippen LogP) is 4.47. The van der Waals surface area contributed by atoms with E-state index in [9.17, 15) is 18.0 Å². The van der Waals surface area contributed by atoms with Gasteiger partial charge in [-0.3, -0.25) is 0 Å². The molecule has 1 aromatic carbocycles. The zero-order chi connectivity index (χ0) is 17.8. The van der Waals surface area contributed by atoms with Gasteiger partial charge in [0.2, 0.25) is 0 Å². The molecule has 0 aliphatic heterocycles. The molecule has 1 amide bonds. The molecule has 0 spiro atoms.